The van der Waals surface area contributed by atoms with Gasteiger partial charge in [0.05, 0.1) is 78.2 Å². The Labute approximate surface area is 347 Å². The van der Waals surface area contributed by atoms with Gasteiger partial charge in [-0.3, -0.25) is 9.98 Å². The average Bonchev–Trinajstić information content (AvgIpc) is 3.73. The second kappa shape index (κ2) is 27.3. The normalized spacial score (nSPS) is 17.0. The molecule has 2 heterocycles. The molecule has 0 amide bonds. The predicted octanol–water partition coefficient (Wildman–Crippen LogP) is 5.74. The van der Waals surface area contributed by atoms with Gasteiger partial charge >= 0.3 is 5.97 Å². The lowest BCUT2D eigenvalue weighted by Gasteiger charge is -2.16. The molecule has 17 heteroatoms. The van der Waals surface area contributed by atoms with Crippen molar-refractivity contribution in [3.63, 3.8) is 0 Å². The van der Waals surface area contributed by atoms with Gasteiger partial charge < -0.3 is 53.2 Å². The summed E-state index contributed by atoms with van der Waals surface area (Å²) in [6, 6.07) is 9.61. The molecule has 0 bridgehead atoms. The van der Waals surface area contributed by atoms with E-state index in [9.17, 15) is 20.1 Å². The topological polar surface area (TPSA) is 176 Å². The van der Waals surface area contributed by atoms with Crippen molar-refractivity contribution in [3.8, 4) is 23.0 Å². The number of aliphatic imine (C=N–C) groups is 2. The maximum absolute atomic E-state index is 11.8. The highest BCUT2D eigenvalue weighted by Crippen LogP contribution is 2.36. The largest absolute Gasteiger partial charge is 0.508 e. The van der Waals surface area contributed by atoms with E-state index >= 15 is 0 Å². The summed E-state index contributed by atoms with van der Waals surface area (Å²) in [4.78, 5) is 20.8. The summed E-state index contributed by atoms with van der Waals surface area (Å²) >= 11 is 5.33. The molecule has 0 spiro atoms. The maximum Gasteiger partial charge on any atom is 0.334 e. The van der Waals surface area contributed by atoms with Crippen molar-refractivity contribution in [2.45, 2.75) is 38.8 Å². The standard InChI is InChI=1S/C18H27NO5S.C13H15NO4S.C7H15IO3/c1-18(2)13-25-17(19-18)15-5-4-14(12-16(15)20)24-11-10-23-9-8-22-7-6-21-3;1-3-18-12(17)13(2)7-19-11(14-13)9-5-4-8(15)6-10(9)16;1-9-4-5-11-7-6-10-3-2-8/h4-5,12,20H,6-11,13H2,1-3H3;4-6,15-16H,3,7H2,1-2H3;2-7H2,1H3/t;13-;/m.1./s1. The molecule has 0 fully saturated rings. The lowest BCUT2D eigenvalue weighted by Crippen LogP contribution is -2.35. The highest BCUT2D eigenvalue weighted by atomic mass is 127. The van der Waals surface area contributed by atoms with Crippen LogP contribution in [0, 0.1) is 0 Å². The van der Waals surface area contributed by atoms with Crippen molar-refractivity contribution in [3.05, 3.63) is 47.5 Å². The van der Waals surface area contributed by atoms with Crippen molar-refractivity contribution in [2.75, 3.05) is 109 Å². The number of hydrogen-bond donors (Lipinski definition) is 3. The number of thioether (sulfide) groups is 2. The number of alkyl halides is 1. The van der Waals surface area contributed by atoms with Crippen molar-refractivity contribution in [1.29, 1.82) is 0 Å². The first kappa shape index (κ1) is 48.8. The van der Waals surface area contributed by atoms with Gasteiger partial charge in [-0.05, 0) is 52.0 Å². The van der Waals surface area contributed by atoms with Gasteiger partial charge in [0, 0.05) is 53.4 Å². The van der Waals surface area contributed by atoms with Crippen molar-refractivity contribution in [1.82, 2.24) is 0 Å². The number of methoxy groups -OCH3 is 2. The zero-order valence-electron chi connectivity index (χ0n) is 32.7. The third kappa shape index (κ3) is 19.1. The van der Waals surface area contributed by atoms with Gasteiger partial charge in [-0.2, -0.15) is 0 Å². The van der Waals surface area contributed by atoms with E-state index in [2.05, 4.69) is 46.4 Å². The minimum atomic E-state index is -0.916. The Morgan fingerprint density at radius 3 is 1.73 bits per heavy atom. The summed E-state index contributed by atoms with van der Waals surface area (Å²) < 4.78 is 42.4. The summed E-state index contributed by atoms with van der Waals surface area (Å²) in [6.07, 6.45) is 0. The molecule has 0 aliphatic carbocycles. The van der Waals surface area contributed by atoms with Gasteiger partial charge in [-0.1, -0.05) is 22.6 Å². The number of halogens is 1. The summed E-state index contributed by atoms with van der Waals surface area (Å²) in [7, 11) is 3.30. The highest BCUT2D eigenvalue weighted by Gasteiger charge is 2.40. The number of nitrogens with zero attached hydrogens (tertiary/aromatic N) is 2. The molecule has 0 aromatic heterocycles. The molecule has 310 valence electrons. The molecule has 3 N–H and O–H groups in total. The van der Waals surface area contributed by atoms with Gasteiger partial charge in [0.2, 0.25) is 0 Å². The lowest BCUT2D eigenvalue weighted by molar-refractivity contribution is -0.147. The molecule has 2 aromatic rings. The van der Waals surface area contributed by atoms with E-state index in [1.54, 1.807) is 52.0 Å². The smallest absolute Gasteiger partial charge is 0.334 e. The van der Waals surface area contributed by atoms with Crippen molar-refractivity contribution < 1.29 is 58.0 Å². The van der Waals surface area contributed by atoms with E-state index in [1.807, 2.05) is 12.1 Å². The van der Waals surface area contributed by atoms with Gasteiger partial charge in [-0.25, -0.2) is 4.79 Å². The van der Waals surface area contributed by atoms with Crippen LogP contribution in [0.4, 0.5) is 0 Å². The minimum Gasteiger partial charge on any atom is -0.508 e. The Morgan fingerprint density at radius 2 is 1.22 bits per heavy atom. The zero-order chi connectivity index (χ0) is 40.5. The third-order valence-electron chi connectivity index (χ3n) is 7.26. The first-order chi connectivity index (χ1) is 26.4. The van der Waals surface area contributed by atoms with Crippen LogP contribution < -0.4 is 4.74 Å². The summed E-state index contributed by atoms with van der Waals surface area (Å²) in [5.41, 5.74) is 0.273. The number of phenols is 3. The zero-order valence-corrected chi connectivity index (χ0v) is 36.5. The van der Waals surface area contributed by atoms with Crippen LogP contribution in [-0.4, -0.2) is 152 Å². The van der Waals surface area contributed by atoms with Gasteiger partial charge in [0.15, 0.2) is 5.54 Å². The Hall–Kier alpha value is -2.36. The fourth-order valence-corrected chi connectivity index (χ4v) is 7.13. The fourth-order valence-electron chi connectivity index (χ4n) is 4.43. The van der Waals surface area contributed by atoms with Crippen LogP contribution in [0.1, 0.15) is 38.8 Å². The number of benzene rings is 2. The quantitative estimate of drug-likeness (QED) is 0.0565. The van der Waals surface area contributed by atoms with Crippen LogP contribution in [-0.2, 0) is 38.0 Å². The molecule has 55 heavy (non-hydrogen) atoms. The number of carbonyl (C=O) groups is 1. The number of phenolic OH excluding ortho intramolecular Hbond substituents is 3. The molecule has 0 unspecified atom stereocenters. The van der Waals surface area contributed by atoms with E-state index in [1.165, 1.54) is 23.9 Å². The molecule has 0 saturated carbocycles. The van der Waals surface area contributed by atoms with Crippen molar-refractivity contribution >= 4 is 62.2 Å². The van der Waals surface area contributed by atoms with E-state index in [0.717, 1.165) is 27.4 Å². The molecular formula is C38H57IN2O12S2. The molecule has 4 rings (SSSR count). The Balaban J connectivity index is 0.000000308. The molecule has 1 atom stereocenters. The van der Waals surface area contributed by atoms with Gasteiger partial charge in [-0.15, -0.1) is 23.5 Å². The molecule has 0 saturated heterocycles. The van der Waals surface area contributed by atoms with Crippen LogP contribution in [0.25, 0.3) is 0 Å². The van der Waals surface area contributed by atoms with Gasteiger partial charge in [0.1, 0.15) is 39.7 Å². The second-order valence-corrected chi connectivity index (χ2v) is 15.6. The monoisotopic (exact) mass is 924 g/mol. The van der Waals surface area contributed by atoms with E-state index in [-0.39, 0.29) is 28.8 Å². The van der Waals surface area contributed by atoms with Crippen LogP contribution in [0.15, 0.2) is 46.4 Å². The summed E-state index contributed by atoms with van der Waals surface area (Å²) in [6.45, 7) is 14.5. The maximum atomic E-state index is 11.8. The third-order valence-corrected chi connectivity index (χ3v) is 10.4. The first-order valence-electron chi connectivity index (χ1n) is 17.9. The first-order valence-corrected chi connectivity index (χ1v) is 21.3. The van der Waals surface area contributed by atoms with Crippen LogP contribution in [0.5, 0.6) is 23.0 Å². The van der Waals surface area contributed by atoms with Crippen LogP contribution in [0.3, 0.4) is 0 Å². The van der Waals surface area contributed by atoms with E-state index < -0.39 is 5.54 Å². The summed E-state index contributed by atoms with van der Waals surface area (Å²) in [5.74, 6) is 1.76. The molecule has 2 aliphatic heterocycles. The van der Waals surface area contributed by atoms with E-state index in [4.69, 9.17) is 37.9 Å². The number of ether oxygens (including phenoxy) is 8. The van der Waals surface area contributed by atoms with Gasteiger partial charge in [0.25, 0.3) is 0 Å². The molecule has 2 aromatic carbocycles. The molecule has 0 radical (unpaired) electrons. The Morgan fingerprint density at radius 1 is 0.709 bits per heavy atom. The van der Waals surface area contributed by atoms with Crippen LogP contribution >= 0.6 is 46.1 Å². The number of esters is 1. The number of hydrogen-bond acceptors (Lipinski definition) is 16. The molecule has 14 nitrogen and oxygen atoms in total. The minimum absolute atomic E-state index is 0.0157. The number of aromatic hydroxyl groups is 3. The van der Waals surface area contributed by atoms with E-state index in [0.29, 0.717) is 94.8 Å². The fraction of sp³-hybridized carbons (Fsp3) is 0.605. The van der Waals surface area contributed by atoms with Crippen LogP contribution in [0.2, 0.25) is 0 Å². The number of rotatable bonds is 22. The van der Waals surface area contributed by atoms with Crippen molar-refractivity contribution in [2.24, 2.45) is 9.98 Å². The number of carbonyl (C=O) groups excluding carboxylic acids is 1. The second-order valence-electron chi connectivity index (χ2n) is 12.6. The molecular weight excluding hydrogens is 867 g/mol. The SMILES string of the molecule is CCOC(=O)[C@@]1(C)CSC(c2ccc(O)cc2O)=N1.COCCOCCOCCI.COCCOCCOCCOc1ccc(C2=NC(C)(C)CS2)c(O)c1. The molecule has 2 aliphatic rings. The highest BCUT2D eigenvalue weighted by molar-refractivity contribution is 14.1. The average molecular weight is 925 g/mol. The Bertz CT molecular complexity index is 1480. The Kier molecular flexibility index (Phi) is 24.2. The predicted molar refractivity (Wildman–Crippen MR) is 226 cm³/mol. The lowest BCUT2D eigenvalue weighted by atomic mass is 10.1. The summed E-state index contributed by atoms with van der Waals surface area (Å²) in [5, 5.41) is 30.7.